The van der Waals surface area contributed by atoms with Crippen molar-refractivity contribution >= 4 is 29.1 Å². The van der Waals surface area contributed by atoms with Crippen LogP contribution in [0.2, 0.25) is 10.0 Å². The number of rotatable bonds is 5. The first kappa shape index (κ1) is 15.6. The predicted molar refractivity (Wildman–Crippen MR) is 81.4 cm³/mol. The summed E-state index contributed by atoms with van der Waals surface area (Å²) >= 11 is 11.8. The molecule has 20 heavy (non-hydrogen) atoms. The molecule has 3 nitrogen and oxygen atoms in total. The number of nitrogens with zero attached hydrogens (tertiary/aromatic N) is 1. The maximum Gasteiger partial charge on any atom is 0.227 e. The zero-order chi connectivity index (χ0) is 14.5. The molecule has 1 amide bonds. The Hall–Kier alpha value is -0.770. The van der Waals surface area contributed by atoms with Gasteiger partial charge >= 0.3 is 0 Å². The summed E-state index contributed by atoms with van der Waals surface area (Å²) in [5.41, 5.74) is 0.884. The molecule has 0 saturated carbocycles. The third-order valence-electron chi connectivity index (χ3n) is 3.52. The van der Waals surface area contributed by atoms with Gasteiger partial charge in [0.05, 0.1) is 22.6 Å². The first-order valence-corrected chi connectivity index (χ1v) is 7.69. The highest BCUT2D eigenvalue weighted by molar-refractivity contribution is 6.42. The van der Waals surface area contributed by atoms with E-state index in [1.807, 2.05) is 17.9 Å². The summed E-state index contributed by atoms with van der Waals surface area (Å²) in [7, 11) is 0. The van der Waals surface area contributed by atoms with Crippen LogP contribution in [0.15, 0.2) is 18.2 Å². The van der Waals surface area contributed by atoms with Crippen LogP contribution < -0.4 is 0 Å². The number of hydrogen-bond donors (Lipinski definition) is 0. The van der Waals surface area contributed by atoms with Crippen molar-refractivity contribution in [2.45, 2.75) is 32.3 Å². The number of carbonyl (C=O) groups excluding carboxylic acids is 1. The van der Waals surface area contributed by atoms with Gasteiger partial charge in [-0.1, -0.05) is 29.3 Å². The Balaban J connectivity index is 1.95. The van der Waals surface area contributed by atoms with Crippen LogP contribution in [0.25, 0.3) is 0 Å². The largest absolute Gasteiger partial charge is 0.376 e. The topological polar surface area (TPSA) is 29.5 Å². The number of carbonyl (C=O) groups is 1. The van der Waals surface area contributed by atoms with E-state index in [0.29, 0.717) is 29.6 Å². The van der Waals surface area contributed by atoms with Gasteiger partial charge in [-0.15, -0.1) is 0 Å². The number of amides is 1. The lowest BCUT2D eigenvalue weighted by Gasteiger charge is -2.24. The third-order valence-corrected chi connectivity index (χ3v) is 4.26. The summed E-state index contributed by atoms with van der Waals surface area (Å²) < 4.78 is 5.59. The van der Waals surface area contributed by atoms with Crippen molar-refractivity contribution in [2.24, 2.45) is 0 Å². The molecule has 1 heterocycles. The van der Waals surface area contributed by atoms with Crippen LogP contribution in [-0.2, 0) is 16.0 Å². The van der Waals surface area contributed by atoms with Gasteiger partial charge in [0.15, 0.2) is 0 Å². The molecule has 1 unspecified atom stereocenters. The van der Waals surface area contributed by atoms with Gasteiger partial charge in [-0.2, -0.15) is 0 Å². The molecule has 0 radical (unpaired) electrons. The van der Waals surface area contributed by atoms with Gasteiger partial charge in [-0.25, -0.2) is 0 Å². The number of hydrogen-bond acceptors (Lipinski definition) is 2. The van der Waals surface area contributed by atoms with E-state index in [0.717, 1.165) is 25.0 Å². The van der Waals surface area contributed by atoms with Crippen LogP contribution in [0.1, 0.15) is 25.3 Å². The Morgan fingerprint density at radius 3 is 2.80 bits per heavy atom. The second-order valence-corrected chi connectivity index (χ2v) is 5.81. The highest BCUT2D eigenvalue weighted by Crippen LogP contribution is 2.23. The molecule has 1 aromatic rings. The molecule has 1 fully saturated rings. The molecule has 0 aliphatic carbocycles. The minimum Gasteiger partial charge on any atom is -0.376 e. The summed E-state index contributed by atoms with van der Waals surface area (Å²) in [6, 6.07) is 5.32. The average Bonchev–Trinajstić information content (AvgIpc) is 2.93. The molecule has 110 valence electrons. The molecule has 2 rings (SSSR count). The SMILES string of the molecule is CCN(CC1CCCO1)C(=O)Cc1ccc(Cl)c(Cl)c1. The first-order valence-electron chi connectivity index (χ1n) is 6.93. The maximum atomic E-state index is 12.3. The fourth-order valence-electron chi connectivity index (χ4n) is 2.38. The second-order valence-electron chi connectivity index (χ2n) is 4.99. The highest BCUT2D eigenvalue weighted by atomic mass is 35.5. The van der Waals surface area contributed by atoms with E-state index >= 15 is 0 Å². The third kappa shape index (κ3) is 4.11. The van der Waals surface area contributed by atoms with Crippen molar-refractivity contribution in [3.63, 3.8) is 0 Å². The molecule has 1 atom stereocenters. The van der Waals surface area contributed by atoms with Crippen molar-refractivity contribution in [1.82, 2.24) is 4.90 Å². The lowest BCUT2D eigenvalue weighted by atomic mass is 10.1. The molecule has 0 bridgehead atoms. The van der Waals surface area contributed by atoms with Crippen LogP contribution in [0, 0.1) is 0 Å². The summed E-state index contributed by atoms with van der Waals surface area (Å²) in [4.78, 5) is 14.2. The minimum atomic E-state index is 0.0985. The van der Waals surface area contributed by atoms with Gasteiger partial charge in [0, 0.05) is 19.7 Å². The molecule has 0 spiro atoms. The Morgan fingerprint density at radius 1 is 1.40 bits per heavy atom. The summed E-state index contributed by atoms with van der Waals surface area (Å²) in [6.45, 7) is 4.17. The highest BCUT2D eigenvalue weighted by Gasteiger charge is 2.21. The van der Waals surface area contributed by atoms with Crippen LogP contribution in [0.5, 0.6) is 0 Å². The quantitative estimate of drug-likeness (QED) is 0.831. The lowest BCUT2D eigenvalue weighted by Crippen LogP contribution is -2.38. The first-order chi connectivity index (χ1) is 9.60. The van der Waals surface area contributed by atoms with E-state index in [1.54, 1.807) is 12.1 Å². The summed E-state index contributed by atoms with van der Waals surface area (Å²) in [5, 5.41) is 0.994. The van der Waals surface area contributed by atoms with Crippen LogP contribution in [0.3, 0.4) is 0 Å². The van der Waals surface area contributed by atoms with E-state index in [4.69, 9.17) is 27.9 Å². The van der Waals surface area contributed by atoms with Crippen LogP contribution in [-0.4, -0.2) is 36.6 Å². The van der Waals surface area contributed by atoms with E-state index in [1.165, 1.54) is 0 Å². The van der Waals surface area contributed by atoms with E-state index in [-0.39, 0.29) is 12.0 Å². The van der Waals surface area contributed by atoms with Gasteiger partial charge in [0.1, 0.15) is 0 Å². The molecular formula is C15H19Cl2NO2. The van der Waals surface area contributed by atoms with Gasteiger partial charge in [-0.3, -0.25) is 4.79 Å². The molecule has 0 aromatic heterocycles. The number of halogens is 2. The normalized spacial score (nSPS) is 18.2. The van der Waals surface area contributed by atoms with Crippen molar-refractivity contribution in [1.29, 1.82) is 0 Å². The lowest BCUT2D eigenvalue weighted by molar-refractivity contribution is -0.131. The Morgan fingerprint density at radius 2 is 2.20 bits per heavy atom. The molecular weight excluding hydrogens is 297 g/mol. The van der Waals surface area contributed by atoms with Crippen LogP contribution in [0.4, 0.5) is 0 Å². The van der Waals surface area contributed by atoms with E-state index in [2.05, 4.69) is 0 Å². The fraction of sp³-hybridized carbons (Fsp3) is 0.533. The zero-order valence-corrected chi connectivity index (χ0v) is 13.1. The Kier molecular flexibility index (Phi) is 5.70. The van der Waals surface area contributed by atoms with Crippen molar-refractivity contribution in [2.75, 3.05) is 19.7 Å². The average molecular weight is 316 g/mol. The van der Waals surface area contributed by atoms with Crippen molar-refractivity contribution in [3.8, 4) is 0 Å². The molecule has 1 saturated heterocycles. The smallest absolute Gasteiger partial charge is 0.227 e. The molecule has 1 aliphatic heterocycles. The van der Waals surface area contributed by atoms with Gasteiger partial charge in [0.2, 0.25) is 5.91 Å². The Bertz CT molecular complexity index is 473. The number of benzene rings is 1. The van der Waals surface area contributed by atoms with Gasteiger partial charge in [-0.05, 0) is 37.5 Å². The molecule has 5 heteroatoms. The molecule has 1 aliphatic rings. The minimum absolute atomic E-state index is 0.0985. The zero-order valence-electron chi connectivity index (χ0n) is 11.6. The molecule has 0 N–H and O–H groups in total. The van der Waals surface area contributed by atoms with Gasteiger partial charge in [0.25, 0.3) is 0 Å². The summed E-state index contributed by atoms with van der Waals surface area (Å²) in [6.07, 6.45) is 2.66. The Labute approximate surface area is 129 Å². The van der Waals surface area contributed by atoms with Crippen LogP contribution >= 0.6 is 23.2 Å². The standard InChI is InChI=1S/C15H19Cl2NO2/c1-2-18(10-12-4-3-7-20-12)15(19)9-11-5-6-13(16)14(17)8-11/h5-6,8,12H,2-4,7,9-10H2,1H3. The number of likely N-dealkylation sites (N-methyl/N-ethyl adjacent to an activating group) is 1. The summed E-state index contributed by atoms with van der Waals surface area (Å²) in [5.74, 6) is 0.0985. The monoisotopic (exact) mass is 315 g/mol. The molecule has 1 aromatic carbocycles. The maximum absolute atomic E-state index is 12.3. The number of ether oxygens (including phenoxy) is 1. The fourth-order valence-corrected chi connectivity index (χ4v) is 2.70. The second kappa shape index (κ2) is 7.30. The predicted octanol–water partition coefficient (Wildman–Crippen LogP) is 3.56. The van der Waals surface area contributed by atoms with Gasteiger partial charge < -0.3 is 9.64 Å². The van der Waals surface area contributed by atoms with Crippen molar-refractivity contribution in [3.05, 3.63) is 33.8 Å². The van der Waals surface area contributed by atoms with E-state index in [9.17, 15) is 4.79 Å². The van der Waals surface area contributed by atoms with Crippen molar-refractivity contribution < 1.29 is 9.53 Å². The van der Waals surface area contributed by atoms with E-state index < -0.39 is 0 Å².